The van der Waals surface area contributed by atoms with Gasteiger partial charge in [0.2, 0.25) is 11.9 Å². The van der Waals surface area contributed by atoms with Gasteiger partial charge in [0.1, 0.15) is 23.2 Å². The maximum Gasteiger partial charge on any atom is 0.433 e. The lowest BCUT2D eigenvalue weighted by Crippen LogP contribution is -2.14. The quantitative estimate of drug-likeness (QED) is 0.610. The number of halogens is 3. The molecule has 11 heteroatoms. The van der Waals surface area contributed by atoms with E-state index in [1.54, 1.807) is 6.07 Å². The standard InChI is InChI=1S/C21H17F3N8/c22-21(23,24)16-6-2-5-15(28-16)18-30-19(27-11-7-8-26-12(9-11)10-25)32-20(31-18)29-17-13-3-1-4-14(13)17/h2,5-9,13-14,17H,1,3-4H2,(H2,26,27,29,30,31,32). The van der Waals surface area contributed by atoms with Crippen LogP contribution in [0.15, 0.2) is 36.5 Å². The van der Waals surface area contributed by atoms with Gasteiger partial charge in [0.25, 0.3) is 0 Å². The normalized spacial score (nSPS) is 21.5. The Labute approximate surface area is 181 Å². The molecule has 2 aliphatic rings. The fourth-order valence-electron chi connectivity index (χ4n) is 4.21. The maximum absolute atomic E-state index is 13.1. The van der Waals surface area contributed by atoms with Crippen LogP contribution < -0.4 is 10.6 Å². The summed E-state index contributed by atoms with van der Waals surface area (Å²) in [6.07, 6.45) is 0.381. The van der Waals surface area contributed by atoms with Crippen LogP contribution in [0.5, 0.6) is 0 Å². The third-order valence-electron chi connectivity index (χ3n) is 5.74. The first-order valence-corrected chi connectivity index (χ1v) is 10.1. The highest BCUT2D eigenvalue weighted by Crippen LogP contribution is 2.53. The average molecular weight is 438 g/mol. The molecule has 3 aromatic heterocycles. The van der Waals surface area contributed by atoms with E-state index in [1.807, 2.05) is 6.07 Å². The van der Waals surface area contributed by atoms with Gasteiger partial charge in [-0.1, -0.05) is 12.5 Å². The number of nitriles is 1. The molecule has 3 heterocycles. The van der Waals surface area contributed by atoms with E-state index in [4.69, 9.17) is 5.26 Å². The van der Waals surface area contributed by atoms with Crippen LogP contribution in [0, 0.1) is 23.2 Å². The molecule has 0 amide bonds. The summed E-state index contributed by atoms with van der Waals surface area (Å²) < 4.78 is 39.4. The molecule has 8 nitrogen and oxygen atoms in total. The van der Waals surface area contributed by atoms with E-state index in [9.17, 15) is 13.2 Å². The van der Waals surface area contributed by atoms with Crippen LogP contribution >= 0.6 is 0 Å². The molecule has 32 heavy (non-hydrogen) atoms. The maximum atomic E-state index is 13.1. The first kappa shape index (κ1) is 20.1. The summed E-state index contributed by atoms with van der Waals surface area (Å²) in [5.41, 5.74) is -0.325. The molecule has 0 bridgehead atoms. The zero-order chi connectivity index (χ0) is 22.3. The van der Waals surface area contributed by atoms with Crippen LogP contribution in [-0.2, 0) is 6.18 Å². The first-order valence-electron chi connectivity index (χ1n) is 10.1. The van der Waals surface area contributed by atoms with Gasteiger partial charge < -0.3 is 10.6 Å². The van der Waals surface area contributed by atoms with Crippen LogP contribution in [0.3, 0.4) is 0 Å². The SMILES string of the molecule is N#Cc1cc(Nc2nc(NC3C4CCCC43)nc(-c3cccc(C(F)(F)F)n3)n2)ccn1. The van der Waals surface area contributed by atoms with Gasteiger partial charge in [-0.2, -0.15) is 33.4 Å². The molecule has 0 aliphatic heterocycles. The molecule has 0 spiro atoms. The molecule has 2 saturated carbocycles. The monoisotopic (exact) mass is 438 g/mol. The van der Waals surface area contributed by atoms with Crippen LogP contribution in [0.1, 0.15) is 30.7 Å². The largest absolute Gasteiger partial charge is 0.433 e. The fourth-order valence-corrected chi connectivity index (χ4v) is 4.21. The number of hydrogen-bond acceptors (Lipinski definition) is 8. The fraction of sp³-hybridized carbons (Fsp3) is 0.333. The van der Waals surface area contributed by atoms with Crippen molar-refractivity contribution in [3.63, 3.8) is 0 Å². The third kappa shape index (κ3) is 4.03. The molecule has 162 valence electrons. The Morgan fingerprint density at radius 3 is 2.53 bits per heavy atom. The van der Waals surface area contributed by atoms with E-state index in [0.717, 1.165) is 18.9 Å². The zero-order valence-corrected chi connectivity index (χ0v) is 16.6. The second kappa shape index (κ2) is 7.71. The Hall–Kier alpha value is -3.81. The number of aromatic nitrogens is 5. The van der Waals surface area contributed by atoms with Gasteiger partial charge in [0.15, 0.2) is 5.82 Å². The lowest BCUT2D eigenvalue weighted by atomic mass is 10.2. The minimum absolute atomic E-state index is 0.0106. The topological polar surface area (TPSA) is 112 Å². The Kier molecular flexibility index (Phi) is 4.84. The van der Waals surface area contributed by atoms with Gasteiger partial charge in [-0.3, -0.25) is 0 Å². The van der Waals surface area contributed by atoms with Gasteiger partial charge in [0.05, 0.1) is 0 Å². The molecule has 2 atom stereocenters. The molecule has 0 aromatic carbocycles. The number of alkyl halides is 3. The van der Waals surface area contributed by atoms with Crippen molar-refractivity contribution in [2.45, 2.75) is 31.5 Å². The number of hydrogen-bond donors (Lipinski definition) is 2. The molecule has 2 unspecified atom stereocenters. The van der Waals surface area contributed by atoms with Crippen LogP contribution in [0.4, 0.5) is 30.8 Å². The van der Waals surface area contributed by atoms with E-state index in [2.05, 4.69) is 35.6 Å². The van der Waals surface area contributed by atoms with Crippen molar-refractivity contribution in [2.75, 3.05) is 10.6 Å². The molecule has 2 N–H and O–H groups in total. The first-order chi connectivity index (χ1) is 15.4. The summed E-state index contributed by atoms with van der Waals surface area (Å²) in [5, 5.41) is 15.3. The number of nitrogens with zero attached hydrogens (tertiary/aromatic N) is 6. The van der Waals surface area contributed by atoms with Crippen molar-refractivity contribution in [1.82, 2.24) is 24.9 Å². The van der Waals surface area contributed by atoms with Crippen LogP contribution in [0.25, 0.3) is 11.5 Å². The van der Waals surface area contributed by atoms with E-state index >= 15 is 0 Å². The summed E-state index contributed by atoms with van der Waals surface area (Å²) in [6, 6.07) is 8.94. The Bertz CT molecular complexity index is 1200. The smallest absolute Gasteiger partial charge is 0.351 e. The lowest BCUT2D eigenvalue weighted by Gasteiger charge is -2.12. The zero-order valence-electron chi connectivity index (χ0n) is 16.6. The number of pyridine rings is 2. The van der Waals surface area contributed by atoms with Crippen molar-refractivity contribution in [3.05, 3.63) is 47.9 Å². The lowest BCUT2D eigenvalue weighted by molar-refractivity contribution is -0.141. The van der Waals surface area contributed by atoms with Crippen LogP contribution in [-0.4, -0.2) is 31.0 Å². The molecular weight excluding hydrogens is 421 g/mol. The molecule has 2 fully saturated rings. The highest BCUT2D eigenvalue weighted by Gasteiger charge is 2.53. The van der Waals surface area contributed by atoms with E-state index < -0.39 is 11.9 Å². The molecular formula is C21H17F3N8. The summed E-state index contributed by atoms with van der Waals surface area (Å²) >= 11 is 0. The molecule has 0 radical (unpaired) electrons. The van der Waals surface area contributed by atoms with E-state index in [0.29, 0.717) is 17.5 Å². The van der Waals surface area contributed by atoms with Gasteiger partial charge >= 0.3 is 6.18 Å². The summed E-state index contributed by atoms with van der Waals surface area (Å²) in [6.45, 7) is 0. The molecule has 0 saturated heterocycles. The number of anilines is 3. The number of nitrogens with one attached hydrogen (secondary N) is 2. The van der Waals surface area contributed by atoms with Crippen LogP contribution in [0.2, 0.25) is 0 Å². The second-order valence-corrected chi connectivity index (χ2v) is 7.81. The van der Waals surface area contributed by atoms with Gasteiger partial charge in [-0.05, 0) is 48.9 Å². The highest BCUT2D eigenvalue weighted by molar-refractivity contribution is 5.59. The third-order valence-corrected chi connectivity index (χ3v) is 5.74. The molecule has 2 aliphatic carbocycles. The predicted octanol–water partition coefficient (Wildman–Crippen LogP) is 4.17. The van der Waals surface area contributed by atoms with Crippen molar-refractivity contribution in [3.8, 4) is 17.6 Å². The molecule has 5 rings (SSSR count). The van der Waals surface area contributed by atoms with Crippen molar-refractivity contribution in [1.29, 1.82) is 5.26 Å². The molecule has 3 aromatic rings. The Balaban J connectivity index is 1.50. The van der Waals surface area contributed by atoms with Crippen molar-refractivity contribution < 1.29 is 13.2 Å². The minimum Gasteiger partial charge on any atom is -0.351 e. The summed E-state index contributed by atoms with van der Waals surface area (Å²) in [4.78, 5) is 20.6. The Morgan fingerprint density at radius 1 is 1.00 bits per heavy atom. The number of rotatable bonds is 5. The van der Waals surface area contributed by atoms with E-state index in [1.165, 1.54) is 30.8 Å². The summed E-state index contributed by atoms with van der Waals surface area (Å²) in [7, 11) is 0. The van der Waals surface area contributed by atoms with Gasteiger partial charge in [-0.25, -0.2) is 9.97 Å². The van der Waals surface area contributed by atoms with Crippen molar-refractivity contribution >= 4 is 17.6 Å². The van der Waals surface area contributed by atoms with E-state index in [-0.39, 0.29) is 35.2 Å². The highest BCUT2D eigenvalue weighted by atomic mass is 19.4. The second-order valence-electron chi connectivity index (χ2n) is 7.81. The van der Waals surface area contributed by atoms with Gasteiger partial charge in [0, 0.05) is 17.9 Å². The minimum atomic E-state index is -4.58. The van der Waals surface area contributed by atoms with Gasteiger partial charge in [-0.15, -0.1) is 0 Å². The van der Waals surface area contributed by atoms with Crippen molar-refractivity contribution in [2.24, 2.45) is 11.8 Å². The average Bonchev–Trinajstić information content (AvgIpc) is 3.18. The Morgan fingerprint density at radius 2 is 1.78 bits per heavy atom. The predicted molar refractivity (Wildman–Crippen MR) is 109 cm³/mol. The summed E-state index contributed by atoms with van der Waals surface area (Å²) in [5.74, 6) is 1.56. The number of fused-ring (bicyclic) bond motifs is 1.